The molecule has 27 heavy (non-hydrogen) atoms. The maximum absolute atomic E-state index is 12.5. The number of rotatable bonds is 6. The van der Waals surface area contributed by atoms with Gasteiger partial charge in [-0.15, -0.1) is 11.3 Å². The van der Waals surface area contributed by atoms with Crippen molar-refractivity contribution in [2.75, 3.05) is 38.0 Å². The molecule has 2 amide bonds. The van der Waals surface area contributed by atoms with Gasteiger partial charge in [0, 0.05) is 42.8 Å². The quantitative estimate of drug-likeness (QED) is 0.790. The summed E-state index contributed by atoms with van der Waals surface area (Å²) in [5, 5.41) is 8.23. The van der Waals surface area contributed by atoms with E-state index >= 15 is 0 Å². The molecule has 0 aliphatic carbocycles. The predicted octanol–water partition coefficient (Wildman–Crippen LogP) is 3.95. The molecule has 1 aliphatic rings. The Labute approximate surface area is 166 Å². The minimum Gasteiger partial charge on any atom is -0.333 e. The number of amides is 2. The van der Waals surface area contributed by atoms with Crippen LogP contribution in [0, 0.1) is 6.92 Å². The Balaban J connectivity index is 1.66. The first-order chi connectivity index (χ1) is 13.1. The Kier molecular flexibility index (Phi) is 6.88. The molecule has 2 N–H and O–H groups in total. The number of carbonyl (C=O) groups is 1. The molecule has 3 rings (SSSR count). The number of nitrogens with zero attached hydrogens (tertiary/aromatic N) is 2. The zero-order valence-electron chi connectivity index (χ0n) is 16.4. The van der Waals surface area contributed by atoms with Crippen LogP contribution >= 0.6 is 11.3 Å². The van der Waals surface area contributed by atoms with Gasteiger partial charge in [-0.1, -0.05) is 25.1 Å². The molecule has 2 atom stereocenters. The molecule has 0 saturated carbocycles. The van der Waals surface area contributed by atoms with Crippen molar-refractivity contribution < 1.29 is 4.79 Å². The van der Waals surface area contributed by atoms with Gasteiger partial charge >= 0.3 is 6.03 Å². The van der Waals surface area contributed by atoms with E-state index in [2.05, 4.69) is 51.8 Å². The number of likely N-dealkylation sites (N-methyl/N-ethyl adjacent to an activating group) is 1. The largest absolute Gasteiger partial charge is 0.333 e. The lowest BCUT2D eigenvalue weighted by atomic mass is 10.0. The SMILES string of the molecule is CCN1CCN([C@H](c2cccs2)[C@H](C)NC(=O)Nc2cccc(C)c2)CC1. The Morgan fingerprint density at radius 3 is 2.59 bits per heavy atom. The molecule has 1 aliphatic heterocycles. The van der Waals surface area contributed by atoms with Crippen molar-refractivity contribution >= 4 is 23.1 Å². The molecule has 1 fully saturated rings. The number of piperazine rings is 1. The minimum atomic E-state index is -0.151. The number of carbonyl (C=O) groups excluding carboxylic acids is 1. The summed E-state index contributed by atoms with van der Waals surface area (Å²) in [6, 6.07) is 12.2. The third-order valence-electron chi connectivity index (χ3n) is 5.19. The van der Waals surface area contributed by atoms with E-state index in [1.54, 1.807) is 11.3 Å². The number of thiophene rings is 1. The average molecular weight is 387 g/mol. The van der Waals surface area contributed by atoms with E-state index in [0.717, 1.165) is 44.0 Å². The molecular formula is C21H30N4OS. The topological polar surface area (TPSA) is 47.6 Å². The van der Waals surface area contributed by atoms with Crippen LogP contribution in [0.1, 0.15) is 30.3 Å². The van der Waals surface area contributed by atoms with Gasteiger partial charge in [-0.3, -0.25) is 4.90 Å². The van der Waals surface area contributed by atoms with E-state index in [1.165, 1.54) is 4.88 Å². The lowest BCUT2D eigenvalue weighted by Gasteiger charge is -2.41. The van der Waals surface area contributed by atoms with Crippen LogP contribution in [0.25, 0.3) is 0 Å². The molecule has 2 aromatic rings. The van der Waals surface area contributed by atoms with Crippen molar-refractivity contribution in [3.63, 3.8) is 0 Å². The molecule has 0 unspecified atom stereocenters. The normalized spacial score (nSPS) is 18.0. The fourth-order valence-corrected chi connectivity index (χ4v) is 4.70. The molecule has 1 aromatic heterocycles. The molecule has 1 saturated heterocycles. The van der Waals surface area contributed by atoms with Gasteiger partial charge in [0.2, 0.25) is 0 Å². The van der Waals surface area contributed by atoms with Crippen molar-refractivity contribution in [3.05, 3.63) is 52.2 Å². The van der Waals surface area contributed by atoms with E-state index in [1.807, 2.05) is 31.2 Å². The highest BCUT2D eigenvalue weighted by atomic mass is 32.1. The number of urea groups is 1. The van der Waals surface area contributed by atoms with Crippen LogP contribution in [0.4, 0.5) is 10.5 Å². The lowest BCUT2D eigenvalue weighted by Crippen LogP contribution is -2.52. The molecule has 146 valence electrons. The smallest absolute Gasteiger partial charge is 0.319 e. The third-order valence-corrected chi connectivity index (χ3v) is 6.13. The molecule has 2 heterocycles. The number of nitrogens with one attached hydrogen (secondary N) is 2. The third kappa shape index (κ3) is 5.31. The van der Waals surface area contributed by atoms with Crippen molar-refractivity contribution in [3.8, 4) is 0 Å². The number of benzene rings is 1. The summed E-state index contributed by atoms with van der Waals surface area (Å²) in [6.07, 6.45) is 0. The Hall–Kier alpha value is -1.89. The van der Waals surface area contributed by atoms with Crippen LogP contribution in [0.5, 0.6) is 0 Å². The van der Waals surface area contributed by atoms with E-state index in [9.17, 15) is 4.79 Å². The predicted molar refractivity (Wildman–Crippen MR) is 114 cm³/mol. The second-order valence-corrected chi connectivity index (χ2v) is 8.17. The van der Waals surface area contributed by atoms with Crippen molar-refractivity contribution in [1.29, 1.82) is 0 Å². The van der Waals surface area contributed by atoms with Crippen LogP contribution in [-0.2, 0) is 0 Å². The summed E-state index contributed by atoms with van der Waals surface area (Å²) in [6.45, 7) is 11.7. The van der Waals surface area contributed by atoms with Crippen LogP contribution in [0.15, 0.2) is 41.8 Å². The lowest BCUT2D eigenvalue weighted by molar-refractivity contribution is 0.0868. The van der Waals surface area contributed by atoms with Crippen LogP contribution in [0.3, 0.4) is 0 Å². The Bertz CT molecular complexity index is 726. The average Bonchev–Trinajstić information content (AvgIpc) is 3.16. The fraction of sp³-hybridized carbons (Fsp3) is 0.476. The van der Waals surface area contributed by atoms with Crippen molar-refractivity contribution in [1.82, 2.24) is 15.1 Å². The highest BCUT2D eigenvalue weighted by Crippen LogP contribution is 2.29. The van der Waals surface area contributed by atoms with Gasteiger partial charge in [-0.2, -0.15) is 0 Å². The van der Waals surface area contributed by atoms with Gasteiger partial charge in [-0.05, 0) is 49.5 Å². The van der Waals surface area contributed by atoms with E-state index in [4.69, 9.17) is 0 Å². The summed E-state index contributed by atoms with van der Waals surface area (Å²) in [5.41, 5.74) is 1.95. The Morgan fingerprint density at radius 1 is 1.19 bits per heavy atom. The number of anilines is 1. The van der Waals surface area contributed by atoms with Crippen molar-refractivity contribution in [2.45, 2.75) is 32.9 Å². The molecule has 6 heteroatoms. The van der Waals surface area contributed by atoms with Gasteiger partial charge in [-0.25, -0.2) is 4.79 Å². The standard InChI is InChI=1S/C21H30N4OS/c1-4-24-10-12-25(13-11-24)20(19-9-6-14-27-19)17(3)22-21(26)23-18-8-5-7-16(2)15-18/h5-9,14-15,17,20H,4,10-13H2,1-3H3,(H2,22,23,26)/t17-,20-/m0/s1. The van der Waals surface area contributed by atoms with Crippen LogP contribution in [-0.4, -0.2) is 54.6 Å². The second kappa shape index (κ2) is 9.35. The van der Waals surface area contributed by atoms with E-state index in [-0.39, 0.29) is 18.1 Å². The van der Waals surface area contributed by atoms with Crippen LogP contribution < -0.4 is 10.6 Å². The van der Waals surface area contributed by atoms with E-state index in [0.29, 0.717) is 0 Å². The van der Waals surface area contributed by atoms with Crippen molar-refractivity contribution in [2.24, 2.45) is 0 Å². The summed E-state index contributed by atoms with van der Waals surface area (Å²) in [7, 11) is 0. The first kappa shape index (κ1) is 19.9. The van der Waals surface area contributed by atoms with Gasteiger partial charge < -0.3 is 15.5 Å². The maximum Gasteiger partial charge on any atom is 0.319 e. The molecule has 0 bridgehead atoms. The van der Waals surface area contributed by atoms with E-state index < -0.39 is 0 Å². The van der Waals surface area contributed by atoms with Gasteiger partial charge in [0.15, 0.2) is 0 Å². The van der Waals surface area contributed by atoms with Crippen LogP contribution in [0.2, 0.25) is 0 Å². The summed E-state index contributed by atoms with van der Waals surface area (Å²) < 4.78 is 0. The molecule has 5 nitrogen and oxygen atoms in total. The summed E-state index contributed by atoms with van der Waals surface area (Å²) in [5.74, 6) is 0. The molecule has 1 aromatic carbocycles. The number of aryl methyl sites for hydroxylation is 1. The maximum atomic E-state index is 12.5. The molecule has 0 spiro atoms. The second-order valence-electron chi connectivity index (χ2n) is 7.19. The zero-order chi connectivity index (χ0) is 19.2. The molecule has 0 radical (unpaired) electrons. The van der Waals surface area contributed by atoms with Gasteiger partial charge in [0.25, 0.3) is 0 Å². The minimum absolute atomic E-state index is 0.0154. The molecular weight excluding hydrogens is 356 g/mol. The monoisotopic (exact) mass is 386 g/mol. The number of hydrogen-bond donors (Lipinski definition) is 2. The highest BCUT2D eigenvalue weighted by Gasteiger charge is 2.30. The zero-order valence-corrected chi connectivity index (χ0v) is 17.3. The first-order valence-electron chi connectivity index (χ1n) is 9.71. The Morgan fingerprint density at radius 2 is 1.96 bits per heavy atom. The number of hydrogen-bond acceptors (Lipinski definition) is 4. The highest BCUT2D eigenvalue weighted by molar-refractivity contribution is 7.10. The summed E-state index contributed by atoms with van der Waals surface area (Å²) in [4.78, 5) is 18.8. The first-order valence-corrected chi connectivity index (χ1v) is 10.6. The summed E-state index contributed by atoms with van der Waals surface area (Å²) >= 11 is 1.77. The fourth-order valence-electron chi connectivity index (χ4n) is 3.74. The van der Waals surface area contributed by atoms with Gasteiger partial charge in [0.1, 0.15) is 0 Å². The van der Waals surface area contributed by atoms with Gasteiger partial charge in [0.05, 0.1) is 6.04 Å².